The van der Waals surface area contributed by atoms with E-state index in [0.29, 0.717) is 18.7 Å². The third-order valence-electron chi connectivity index (χ3n) is 7.86. The lowest BCUT2D eigenvalue weighted by Crippen LogP contribution is -2.43. The average molecular weight is 479 g/mol. The summed E-state index contributed by atoms with van der Waals surface area (Å²) < 4.78 is 20.0. The standard InChI is InChI=1S/C29H35FN2O3/c1-2-26(29(34)31-16-5-6-17-31)35-24-14-11-20-15-18-32(28(33)22-7-3-4-8-22)27(25(20)19-24)21-9-12-23(30)13-10-21/h9-14,19,22,26-27H,2-8,15-18H2,1H3/t26-,27-/m1/s1. The Morgan fingerprint density at radius 1 is 1.00 bits per heavy atom. The molecule has 2 atom stereocenters. The minimum Gasteiger partial charge on any atom is -0.481 e. The summed E-state index contributed by atoms with van der Waals surface area (Å²) in [5, 5.41) is 0. The second-order valence-electron chi connectivity index (χ2n) is 10.1. The van der Waals surface area contributed by atoms with Crippen LogP contribution in [0, 0.1) is 11.7 Å². The Hall–Kier alpha value is -2.89. The van der Waals surface area contributed by atoms with Gasteiger partial charge in [-0.05, 0) is 79.5 Å². The number of rotatable bonds is 6. The molecule has 0 spiro atoms. The number of fused-ring (bicyclic) bond motifs is 1. The van der Waals surface area contributed by atoms with Crippen LogP contribution >= 0.6 is 0 Å². The van der Waals surface area contributed by atoms with Gasteiger partial charge in [0.1, 0.15) is 11.6 Å². The predicted octanol–water partition coefficient (Wildman–Crippen LogP) is 5.27. The molecule has 6 heteroatoms. The first-order valence-electron chi connectivity index (χ1n) is 13.2. The molecule has 2 amide bonds. The van der Waals surface area contributed by atoms with Crippen molar-refractivity contribution in [1.29, 1.82) is 0 Å². The molecule has 2 aliphatic heterocycles. The topological polar surface area (TPSA) is 49.9 Å². The summed E-state index contributed by atoms with van der Waals surface area (Å²) in [6.45, 7) is 4.22. The van der Waals surface area contributed by atoms with Crippen molar-refractivity contribution in [2.24, 2.45) is 5.92 Å². The summed E-state index contributed by atoms with van der Waals surface area (Å²) in [5.41, 5.74) is 3.08. The van der Waals surface area contributed by atoms with Crippen molar-refractivity contribution in [3.63, 3.8) is 0 Å². The van der Waals surface area contributed by atoms with E-state index < -0.39 is 6.10 Å². The molecule has 0 bridgehead atoms. The number of benzene rings is 2. The molecular weight excluding hydrogens is 443 g/mol. The van der Waals surface area contributed by atoms with E-state index in [9.17, 15) is 14.0 Å². The third kappa shape index (κ3) is 4.93. The third-order valence-corrected chi connectivity index (χ3v) is 7.86. The van der Waals surface area contributed by atoms with Crippen LogP contribution in [0.2, 0.25) is 0 Å². The normalized spacial score (nSPS) is 21.1. The Labute approximate surface area is 207 Å². The largest absolute Gasteiger partial charge is 0.481 e. The van der Waals surface area contributed by atoms with Gasteiger partial charge in [-0.1, -0.05) is 38.0 Å². The summed E-state index contributed by atoms with van der Waals surface area (Å²) in [6, 6.07) is 12.2. The average Bonchev–Trinajstić information content (AvgIpc) is 3.61. The highest BCUT2D eigenvalue weighted by atomic mass is 19.1. The molecule has 1 saturated carbocycles. The van der Waals surface area contributed by atoms with Crippen LogP contribution in [0.1, 0.15) is 74.6 Å². The van der Waals surface area contributed by atoms with Crippen molar-refractivity contribution in [2.45, 2.75) is 70.4 Å². The first-order valence-corrected chi connectivity index (χ1v) is 13.2. The minimum atomic E-state index is -0.518. The molecule has 1 saturated heterocycles. The van der Waals surface area contributed by atoms with Crippen molar-refractivity contribution in [1.82, 2.24) is 9.80 Å². The van der Waals surface area contributed by atoms with Crippen LogP contribution in [-0.2, 0) is 16.0 Å². The fraction of sp³-hybridized carbons (Fsp3) is 0.517. The maximum Gasteiger partial charge on any atom is 0.263 e. The molecule has 186 valence electrons. The zero-order chi connectivity index (χ0) is 24.4. The van der Waals surface area contributed by atoms with E-state index in [0.717, 1.165) is 69.2 Å². The highest BCUT2D eigenvalue weighted by Crippen LogP contribution is 2.40. The first-order chi connectivity index (χ1) is 17.0. The number of carbonyl (C=O) groups is 2. The Balaban J connectivity index is 1.46. The van der Waals surface area contributed by atoms with Gasteiger partial charge in [-0.25, -0.2) is 4.39 Å². The van der Waals surface area contributed by atoms with E-state index in [2.05, 4.69) is 6.07 Å². The quantitative estimate of drug-likeness (QED) is 0.568. The molecule has 2 aromatic carbocycles. The van der Waals surface area contributed by atoms with Crippen molar-refractivity contribution >= 4 is 11.8 Å². The number of carbonyl (C=O) groups excluding carboxylic acids is 2. The predicted molar refractivity (Wildman–Crippen MR) is 133 cm³/mol. The van der Waals surface area contributed by atoms with E-state index in [1.54, 1.807) is 12.1 Å². The van der Waals surface area contributed by atoms with E-state index >= 15 is 0 Å². The van der Waals surface area contributed by atoms with Crippen LogP contribution in [0.5, 0.6) is 5.75 Å². The summed E-state index contributed by atoms with van der Waals surface area (Å²) >= 11 is 0. The van der Waals surface area contributed by atoms with Gasteiger partial charge in [-0.15, -0.1) is 0 Å². The Bertz CT molecular complexity index is 1060. The Morgan fingerprint density at radius 2 is 1.71 bits per heavy atom. The van der Waals surface area contributed by atoms with Crippen LogP contribution < -0.4 is 4.74 Å². The fourth-order valence-electron chi connectivity index (χ4n) is 5.93. The second kappa shape index (κ2) is 10.4. The molecule has 0 unspecified atom stereocenters. The Morgan fingerprint density at radius 3 is 2.40 bits per heavy atom. The van der Waals surface area contributed by atoms with Gasteiger partial charge in [0, 0.05) is 25.6 Å². The highest BCUT2D eigenvalue weighted by molar-refractivity contribution is 5.82. The van der Waals surface area contributed by atoms with Gasteiger partial charge in [0.05, 0.1) is 6.04 Å². The van der Waals surface area contributed by atoms with Crippen molar-refractivity contribution in [3.05, 3.63) is 65.0 Å². The minimum absolute atomic E-state index is 0.0517. The number of hydrogen-bond acceptors (Lipinski definition) is 3. The molecule has 5 rings (SSSR count). The van der Waals surface area contributed by atoms with Gasteiger partial charge in [0.25, 0.3) is 5.91 Å². The van der Waals surface area contributed by atoms with E-state index in [1.165, 1.54) is 17.7 Å². The lowest BCUT2D eigenvalue weighted by Gasteiger charge is -2.39. The SMILES string of the molecule is CC[C@@H](Oc1ccc2c(c1)[C@@H](c1ccc(F)cc1)N(C(=O)C1CCCC1)CC2)C(=O)N1CCCC1. The zero-order valence-electron chi connectivity index (χ0n) is 20.5. The summed E-state index contributed by atoms with van der Waals surface area (Å²) in [4.78, 5) is 30.5. The van der Waals surface area contributed by atoms with E-state index in [4.69, 9.17) is 4.74 Å². The van der Waals surface area contributed by atoms with Crippen molar-refractivity contribution in [3.8, 4) is 5.75 Å². The van der Waals surface area contributed by atoms with Gasteiger partial charge in [-0.3, -0.25) is 9.59 Å². The molecular formula is C29H35FN2O3. The molecule has 2 aromatic rings. The zero-order valence-corrected chi connectivity index (χ0v) is 20.5. The number of likely N-dealkylation sites (tertiary alicyclic amines) is 1. The van der Waals surface area contributed by atoms with E-state index in [1.807, 2.05) is 28.9 Å². The highest BCUT2D eigenvalue weighted by Gasteiger charge is 2.37. The van der Waals surface area contributed by atoms with Crippen LogP contribution in [0.3, 0.4) is 0 Å². The molecule has 35 heavy (non-hydrogen) atoms. The summed E-state index contributed by atoms with van der Waals surface area (Å²) in [7, 11) is 0. The van der Waals surface area contributed by atoms with Crippen LogP contribution in [0.15, 0.2) is 42.5 Å². The van der Waals surface area contributed by atoms with Crippen LogP contribution in [0.4, 0.5) is 4.39 Å². The van der Waals surface area contributed by atoms with Crippen molar-refractivity contribution < 1.29 is 18.7 Å². The maximum absolute atomic E-state index is 13.8. The lowest BCUT2D eigenvalue weighted by atomic mass is 9.87. The number of ether oxygens (including phenoxy) is 1. The molecule has 0 N–H and O–H groups in total. The molecule has 3 aliphatic rings. The van der Waals surface area contributed by atoms with Crippen LogP contribution in [-0.4, -0.2) is 47.4 Å². The molecule has 5 nitrogen and oxygen atoms in total. The molecule has 0 aromatic heterocycles. The second-order valence-corrected chi connectivity index (χ2v) is 10.1. The van der Waals surface area contributed by atoms with Gasteiger partial charge < -0.3 is 14.5 Å². The molecule has 2 fully saturated rings. The number of amides is 2. The fourth-order valence-corrected chi connectivity index (χ4v) is 5.93. The number of halogens is 1. The number of nitrogens with zero attached hydrogens (tertiary/aromatic N) is 2. The summed E-state index contributed by atoms with van der Waals surface area (Å²) in [5.74, 6) is 0.675. The molecule has 1 aliphatic carbocycles. The maximum atomic E-state index is 13.8. The van der Waals surface area contributed by atoms with Crippen molar-refractivity contribution in [2.75, 3.05) is 19.6 Å². The van der Waals surface area contributed by atoms with Crippen LogP contribution in [0.25, 0.3) is 0 Å². The smallest absolute Gasteiger partial charge is 0.263 e. The van der Waals surface area contributed by atoms with Gasteiger partial charge in [-0.2, -0.15) is 0 Å². The van der Waals surface area contributed by atoms with Gasteiger partial charge in [0.15, 0.2) is 6.10 Å². The van der Waals surface area contributed by atoms with E-state index in [-0.39, 0.29) is 29.6 Å². The van der Waals surface area contributed by atoms with Gasteiger partial charge in [0.2, 0.25) is 5.91 Å². The summed E-state index contributed by atoms with van der Waals surface area (Å²) in [6.07, 6.45) is 7.03. The Kier molecular flexibility index (Phi) is 7.07. The monoisotopic (exact) mass is 478 g/mol. The first kappa shape index (κ1) is 23.8. The molecule has 0 radical (unpaired) electrons. The lowest BCUT2D eigenvalue weighted by molar-refractivity contribution is -0.138. The van der Waals surface area contributed by atoms with Gasteiger partial charge >= 0.3 is 0 Å². The molecule has 2 heterocycles. The number of hydrogen-bond donors (Lipinski definition) is 0.